The van der Waals surface area contributed by atoms with Gasteiger partial charge in [-0.3, -0.25) is 14.4 Å². The van der Waals surface area contributed by atoms with Crippen LogP contribution in [0.4, 0.5) is 11.4 Å². The Balaban J connectivity index is 2.22. The second-order valence-corrected chi connectivity index (χ2v) is 9.08. The summed E-state index contributed by atoms with van der Waals surface area (Å²) < 4.78 is 39.3. The zero-order valence-corrected chi connectivity index (χ0v) is 19.1. The van der Waals surface area contributed by atoms with Crippen molar-refractivity contribution in [1.29, 1.82) is 0 Å². The Bertz CT molecular complexity index is 1250. The van der Waals surface area contributed by atoms with Crippen LogP contribution in [-0.4, -0.2) is 27.6 Å². The molecule has 0 heterocycles. The number of benzene rings is 3. The minimum absolute atomic E-state index is 0.213. The number of ether oxygens (including phenoxy) is 2. The third kappa shape index (κ3) is 4.63. The molecule has 0 aromatic heterocycles. The number of sulfonamides is 1. The molecular weight excluding hydrogens is 456 g/mol. The van der Waals surface area contributed by atoms with E-state index in [1.54, 1.807) is 43.3 Å². The van der Waals surface area contributed by atoms with Crippen LogP contribution in [0.1, 0.15) is 18.5 Å². The van der Waals surface area contributed by atoms with Crippen LogP contribution in [0.3, 0.4) is 0 Å². The lowest BCUT2D eigenvalue weighted by atomic mass is 10.1. The zero-order chi connectivity index (χ0) is 23.5. The maximum Gasteiger partial charge on any atom is 0.270 e. The SMILES string of the molecule is COc1ccc(N(C(C)c2cccc(Cl)c2)S(=O)(=O)c2cccc([N+](=O)[O-])c2)cc1OC. The van der Waals surface area contributed by atoms with Gasteiger partial charge in [-0.25, -0.2) is 8.42 Å². The molecule has 0 N–H and O–H groups in total. The number of anilines is 1. The quantitative estimate of drug-likeness (QED) is 0.326. The first-order chi connectivity index (χ1) is 15.2. The summed E-state index contributed by atoms with van der Waals surface area (Å²) in [5, 5.41) is 11.7. The molecule has 3 aromatic rings. The summed E-state index contributed by atoms with van der Waals surface area (Å²) >= 11 is 6.13. The molecule has 0 amide bonds. The van der Waals surface area contributed by atoms with Gasteiger partial charge in [0.15, 0.2) is 11.5 Å². The number of non-ortho nitro benzene ring substituents is 1. The molecule has 168 valence electrons. The van der Waals surface area contributed by atoms with Gasteiger partial charge in [-0.15, -0.1) is 0 Å². The van der Waals surface area contributed by atoms with Crippen LogP contribution in [0.25, 0.3) is 0 Å². The van der Waals surface area contributed by atoms with Crippen molar-refractivity contribution in [2.45, 2.75) is 17.9 Å². The predicted octanol–water partition coefficient (Wildman–Crippen LogP) is 5.22. The van der Waals surface area contributed by atoms with Crippen molar-refractivity contribution in [1.82, 2.24) is 0 Å². The third-order valence-corrected chi connectivity index (χ3v) is 7.02. The highest BCUT2D eigenvalue weighted by Crippen LogP contribution is 2.39. The summed E-state index contributed by atoms with van der Waals surface area (Å²) in [7, 11) is -1.30. The fraction of sp³-hybridized carbons (Fsp3) is 0.182. The van der Waals surface area contributed by atoms with E-state index >= 15 is 0 Å². The predicted molar refractivity (Wildman–Crippen MR) is 122 cm³/mol. The van der Waals surface area contributed by atoms with Gasteiger partial charge in [0.25, 0.3) is 15.7 Å². The summed E-state index contributed by atoms with van der Waals surface area (Å²) in [6.07, 6.45) is 0. The van der Waals surface area contributed by atoms with Crippen LogP contribution < -0.4 is 13.8 Å². The van der Waals surface area contributed by atoms with Gasteiger partial charge in [-0.2, -0.15) is 0 Å². The largest absolute Gasteiger partial charge is 0.493 e. The fourth-order valence-electron chi connectivity index (χ4n) is 3.31. The van der Waals surface area contributed by atoms with Gasteiger partial charge in [0, 0.05) is 23.2 Å². The Morgan fingerprint density at radius 1 is 0.969 bits per heavy atom. The van der Waals surface area contributed by atoms with Gasteiger partial charge >= 0.3 is 0 Å². The van der Waals surface area contributed by atoms with Crippen LogP contribution >= 0.6 is 11.6 Å². The number of nitro benzene ring substituents is 1. The van der Waals surface area contributed by atoms with Gasteiger partial charge in [0.2, 0.25) is 0 Å². The molecule has 0 fully saturated rings. The fourth-order valence-corrected chi connectivity index (χ4v) is 5.18. The zero-order valence-electron chi connectivity index (χ0n) is 17.6. The number of hydrogen-bond donors (Lipinski definition) is 0. The molecule has 0 saturated heterocycles. The monoisotopic (exact) mass is 476 g/mol. The van der Waals surface area contributed by atoms with E-state index in [4.69, 9.17) is 21.1 Å². The van der Waals surface area contributed by atoms with Crippen molar-refractivity contribution in [3.63, 3.8) is 0 Å². The topological polar surface area (TPSA) is 99.0 Å². The highest BCUT2D eigenvalue weighted by atomic mass is 35.5. The van der Waals surface area contributed by atoms with Crippen LogP contribution in [0, 0.1) is 10.1 Å². The van der Waals surface area contributed by atoms with E-state index in [9.17, 15) is 18.5 Å². The first kappa shape index (κ1) is 23.4. The Kier molecular flexibility index (Phi) is 6.90. The number of hydrogen-bond acceptors (Lipinski definition) is 6. The minimum atomic E-state index is -4.23. The summed E-state index contributed by atoms with van der Waals surface area (Å²) in [6.45, 7) is 1.71. The highest BCUT2D eigenvalue weighted by Gasteiger charge is 2.32. The summed E-state index contributed by atoms with van der Waals surface area (Å²) in [4.78, 5) is 10.4. The maximum absolute atomic E-state index is 13.8. The van der Waals surface area contributed by atoms with Crippen molar-refractivity contribution >= 4 is 33.0 Å². The standard InChI is InChI=1S/C22H21ClN2O6S/c1-15(16-6-4-7-17(23)12-16)24(18-10-11-21(30-2)22(14-18)31-3)32(28,29)20-9-5-8-19(13-20)25(26)27/h4-15H,1-3H3. The third-order valence-electron chi connectivity index (χ3n) is 4.89. The average Bonchev–Trinajstić information content (AvgIpc) is 2.78. The van der Waals surface area contributed by atoms with E-state index in [1.807, 2.05) is 0 Å². The van der Waals surface area contributed by atoms with Crippen LogP contribution in [0.2, 0.25) is 5.02 Å². The number of nitro groups is 1. The summed E-state index contributed by atoms with van der Waals surface area (Å²) in [5.41, 5.74) is 0.608. The molecule has 0 aliphatic heterocycles. The van der Waals surface area contributed by atoms with Crippen molar-refractivity contribution < 1.29 is 22.8 Å². The molecule has 0 radical (unpaired) electrons. The molecule has 10 heteroatoms. The lowest BCUT2D eigenvalue weighted by Crippen LogP contribution is -2.33. The van der Waals surface area contributed by atoms with Crippen LogP contribution in [0.15, 0.2) is 71.6 Å². The van der Waals surface area contributed by atoms with Crippen LogP contribution in [-0.2, 0) is 10.0 Å². The van der Waals surface area contributed by atoms with Gasteiger partial charge in [-0.1, -0.05) is 29.8 Å². The van der Waals surface area contributed by atoms with E-state index < -0.39 is 21.0 Å². The number of nitrogens with zero attached hydrogens (tertiary/aromatic N) is 2. The van der Waals surface area contributed by atoms with Crippen molar-refractivity contribution in [3.8, 4) is 11.5 Å². The van der Waals surface area contributed by atoms with Gasteiger partial charge in [-0.05, 0) is 42.8 Å². The van der Waals surface area contributed by atoms with Crippen molar-refractivity contribution in [3.05, 3.63) is 87.4 Å². The second-order valence-electron chi connectivity index (χ2n) is 6.83. The second kappa shape index (κ2) is 9.46. The smallest absolute Gasteiger partial charge is 0.270 e. The van der Waals surface area contributed by atoms with E-state index in [0.717, 1.165) is 6.07 Å². The first-order valence-electron chi connectivity index (χ1n) is 9.45. The van der Waals surface area contributed by atoms with E-state index in [1.165, 1.54) is 42.8 Å². The highest BCUT2D eigenvalue weighted by molar-refractivity contribution is 7.92. The lowest BCUT2D eigenvalue weighted by Gasteiger charge is -2.31. The average molecular weight is 477 g/mol. The molecule has 3 rings (SSSR count). The van der Waals surface area contributed by atoms with Crippen molar-refractivity contribution in [2.75, 3.05) is 18.5 Å². The summed E-state index contributed by atoms with van der Waals surface area (Å²) in [5.74, 6) is 0.766. The normalized spacial score (nSPS) is 12.1. The maximum atomic E-state index is 13.8. The van der Waals surface area contributed by atoms with E-state index in [0.29, 0.717) is 27.8 Å². The van der Waals surface area contributed by atoms with Gasteiger partial charge < -0.3 is 9.47 Å². The molecular formula is C22H21ClN2O6S. The molecule has 32 heavy (non-hydrogen) atoms. The molecule has 0 aliphatic rings. The molecule has 1 atom stereocenters. The molecule has 3 aromatic carbocycles. The molecule has 0 bridgehead atoms. The van der Waals surface area contributed by atoms with Crippen molar-refractivity contribution in [2.24, 2.45) is 0 Å². The number of halogens is 1. The Hall–Kier alpha value is -3.30. The van der Waals surface area contributed by atoms with E-state index in [-0.39, 0.29) is 10.6 Å². The number of methoxy groups -OCH3 is 2. The minimum Gasteiger partial charge on any atom is -0.493 e. The molecule has 1 unspecified atom stereocenters. The van der Waals surface area contributed by atoms with Gasteiger partial charge in [0.1, 0.15) is 0 Å². The molecule has 0 spiro atoms. The molecule has 0 aliphatic carbocycles. The molecule has 8 nitrogen and oxygen atoms in total. The Morgan fingerprint density at radius 3 is 2.28 bits per heavy atom. The molecule has 0 saturated carbocycles. The van der Waals surface area contributed by atoms with Gasteiger partial charge in [0.05, 0.1) is 35.8 Å². The Morgan fingerprint density at radius 2 is 1.66 bits per heavy atom. The summed E-state index contributed by atoms with van der Waals surface area (Å²) in [6, 6.07) is 15.8. The Labute approximate surface area is 191 Å². The van der Waals surface area contributed by atoms with Crippen LogP contribution in [0.5, 0.6) is 11.5 Å². The van der Waals surface area contributed by atoms with E-state index in [2.05, 4.69) is 0 Å². The first-order valence-corrected chi connectivity index (χ1v) is 11.3. The lowest BCUT2D eigenvalue weighted by molar-refractivity contribution is -0.385. The number of rotatable bonds is 8.